The maximum atomic E-state index is 12.0. The first-order valence-electron chi connectivity index (χ1n) is 6.13. The van der Waals surface area contributed by atoms with Crippen LogP contribution in [0, 0.1) is 0 Å². The van der Waals surface area contributed by atoms with Crippen LogP contribution in [0.3, 0.4) is 0 Å². The van der Waals surface area contributed by atoms with Gasteiger partial charge >= 0.3 is 5.97 Å². The number of hydrogen-bond donors (Lipinski definition) is 2. The summed E-state index contributed by atoms with van der Waals surface area (Å²) >= 11 is 2.93. The van der Waals surface area contributed by atoms with Gasteiger partial charge in [0.15, 0.2) is 0 Å². The zero-order chi connectivity index (χ0) is 14.5. The summed E-state index contributed by atoms with van der Waals surface area (Å²) in [5.41, 5.74) is 1.24. The van der Waals surface area contributed by atoms with Crippen LogP contribution in [0.25, 0.3) is 10.6 Å². The lowest BCUT2D eigenvalue weighted by Gasteiger charge is -2.12. The highest BCUT2D eigenvalue weighted by molar-refractivity contribution is 7.14. The van der Waals surface area contributed by atoms with Gasteiger partial charge in [-0.05, 0) is 17.9 Å². The van der Waals surface area contributed by atoms with Gasteiger partial charge in [0.25, 0.3) is 5.91 Å². The number of aromatic nitrogens is 1. The molecule has 2 N–H and O–H groups in total. The molecule has 0 aliphatic heterocycles. The van der Waals surface area contributed by atoms with E-state index in [2.05, 4.69) is 10.3 Å². The van der Waals surface area contributed by atoms with Crippen molar-refractivity contribution >= 4 is 34.6 Å². The average Bonchev–Trinajstić information content (AvgIpc) is 3.08. The van der Waals surface area contributed by atoms with Crippen LogP contribution in [0.2, 0.25) is 0 Å². The van der Waals surface area contributed by atoms with Crippen molar-refractivity contribution in [3.05, 3.63) is 27.9 Å². The third-order valence-corrected chi connectivity index (χ3v) is 4.26. The van der Waals surface area contributed by atoms with E-state index < -0.39 is 17.9 Å². The lowest BCUT2D eigenvalue weighted by atomic mass is 10.1. The molecule has 2 aromatic heterocycles. The first-order valence-corrected chi connectivity index (χ1v) is 7.95. The van der Waals surface area contributed by atoms with Crippen molar-refractivity contribution in [2.45, 2.75) is 25.8 Å². The van der Waals surface area contributed by atoms with E-state index in [9.17, 15) is 9.59 Å². The standard InChI is InChI=1S/C13H14N2O3S2/c1-2-3-9(13(17)18)14-11(16)10-7-20-12(15-10)8-4-5-19-6-8/h4-7,9H,2-3H2,1H3,(H,14,16)(H,17,18). The van der Waals surface area contributed by atoms with E-state index in [1.165, 1.54) is 11.3 Å². The molecule has 0 saturated carbocycles. The fraction of sp³-hybridized carbons (Fsp3) is 0.308. The molecule has 0 aliphatic carbocycles. The predicted molar refractivity (Wildman–Crippen MR) is 79.2 cm³/mol. The van der Waals surface area contributed by atoms with E-state index >= 15 is 0 Å². The molecule has 7 heteroatoms. The number of thiazole rings is 1. The molecule has 0 fully saturated rings. The number of nitrogens with zero attached hydrogens (tertiary/aromatic N) is 1. The first-order chi connectivity index (χ1) is 9.61. The zero-order valence-electron chi connectivity index (χ0n) is 10.8. The minimum Gasteiger partial charge on any atom is -0.480 e. The summed E-state index contributed by atoms with van der Waals surface area (Å²) < 4.78 is 0. The highest BCUT2D eigenvalue weighted by Crippen LogP contribution is 2.25. The Morgan fingerprint density at radius 3 is 2.85 bits per heavy atom. The lowest BCUT2D eigenvalue weighted by molar-refractivity contribution is -0.139. The lowest BCUT2D eigenvalue weighted by Crippen LogP contribution is -2.40. The Hall–Kier alpha value is -1.73. The molecule has 2 heterocycles. The second kappa shape index (κ2) is 6.62. The number of carbonyl (C=O) groups is 2. The smallest absolute Gasteiger partial charge is 0.326 e. The monoisotopic (exact) mass is 310 g/mol. The molecule has 20 heavy (non-hydrogen) atoms. The summed E-state index contributed by atoms with van der Waals surface area (Å²) in [6, 6.07) is 1.07. The van der Waals surface area contributed by atoms with Gasteiger partial charge in [0.05, 0.1) is 0 Å². The molecule has 1 atom stereocenters. The first kappa shape index (κ1) is 14.7. The Morgan fingerprint density at radius 1 is 1.45 bits per heavy atom. The minimum atomic E-state index is -1.02. The fourth-order valence-electron chi connectivity index (χ4n) is 1.68. The number of nitrogens with one attached hydrogen (secondary N) is 1. The molecule has 0 bridgehead atoms. The molecule has 0 radical (unpaired) electrons. The van der Waals surface area contributed by atoms with Crippen LogP contribution >= 0.6 is 22.7 Å². The van der Waals surface area contributed by atoms with Gasteiger partial charge in [-0.3, -0.25) is 4.79 Å². The third-order valence-electron chi connectivity index (χ3n) is 2.69. The van der Waals surface area contributed by atoms with E-state index in [1.54, 1.807) is 16.7 Å². The van der Waals surface area contributed by atoms with E-state index in [1.807, 2.05) is 23.8 Å². The summed E-state index contributed by atoms with van der Waals surface area (Å²) in [4.78, 5) is 27.3. The number of carbonyl (C=O) groups excluding carboxylic acids is 1. The van der Waals surface area contributed by atoms with Crippen molar-refractivity contribution in [3.63, 3.8) is 0 Å². The van der Waals surface area contributed by atoms with Gasteiger partial charge in [0.1, 0.15) is 16.7 Å². The van der Waals surface area contributed by atoms with Crippen molar-refractivity contribution in [2.75, 3.05) is 0 Å². The maximum absolute atomic E-state index is 12.0. The molecule has 1 amide bonds. The average molecular weight is 310 g/mol. The number of amides is 1. The number of carboxylic acid groups (broad SMARTS) is 1. The Balaban J connectivity index is 2.08. The number of aliphatic carboxylic acids is 1. The van der Waals surface area contributed by atoms with Crippen LogP contribution in [0.4, 0.5) is 0 Å². The molecule has 2 aromatic rings. The topological polar surface area (TPSA) is 79.3 Å². The highest BCUT2D eigenvalue weighted by Gasteiger charge is 2.21. The predicted octanol–water partition coefficient (Wildman–Crippen LogP) is 2.85. The Bertz CT molecular complexity index is 593. The molecule has 2 rings (SSSR count). The van der Waals surface area contributed by atoms with Crippen LogP contribution in [-0.2, 0) is 4.79 Å². The molecule has 0 aromatic carbocycles. The van der Waals surface area contributed by atoms with Crippen LogP contribution in [-0.4, -0.2) is 28.0 Å². The van der Waals surface area contributed by atoms with Crippen LogP contribution in [0.15, 0.2) is 22.2 Å². The third kappa shape index (κ3) is 3.43. The molecule has 0 saturated heterocycles. The van der Waals surface area contributed by atoms with Crippen LogP contribution < -0.4 is 5.32 Å². The maximum Gasteiger partial charge on any atom is 0.326 e. The van der Waals surface area contributed by atoms with Gasteiger partial charge in [0, 0.05) is 16.3 Å². The van der Waals surface area contributed by atoms with Gasteiger partial charge in [0.2, 0.25) is 0 Å². The largest absolute Gasteiger partial charge is 0.480 e. The molecule has 1 unspecified atom stereocenters. The minimum absolute atomic E-state index is 0.263. The quantitative estimate of drug-likeness (QED) is 0.860. The van der Waals surface area contributed by atoms with Crippen molar-refractivity contribution < 1.29 is 14.7 Å². The van der Waals surface area contributed by atoms with Crippen LogP contribution in [0.1, 0.15) is 30.3 Å². The van der Waals surface area contributed by atoms with Crippen molar-refractivity contribution in [1.29, 1.82) is 0 Å². The Labute approximate surface area is 124 Å². The van der Waals surface area contributed by atoms with Gasteiger partial charge in [-0.1, -0.05) is 13.3 Å². The number of rotatable bonds is 6. The fourth-order valence-corrected chi connectivity index (χ4v) is 3.19. The van der Waals surface area contributed by atoms with Crippen LogP contribution in [0.5, 0.6) is 0 Å². The van der Waals surface area contributed by atoms with Crippen molar-refractivity contribution in [1.82, 2.24) is 10.3 Å². The van der Waals surface area contributed by atoms with Gasteiger partial charge in [-0.25, -0.2) is 9.78 Å². The van der Waals surface area contributed by atoms with Gasteiger partial charge < -0.3 is 10.4 Å². The zero-order valence-corrected chi connectivity index (χ0v) is 12.5. The van der Waals surface area contributed by atoms with Crippen molar-refractivity contribution in [2.24, 2.45) is 0 Å². The SMILES string of the molecule is CCCC(NC(=O)c1csc(-c2ccsc2)n1)C(=O)O. The van der Waals surface area contributed by atoms with Gasteiger partial charge in [-0.15, -0.1) is 11.3 Å². The molecule has 0 aliphatic rings. The van der Waals surface area contributed by atoms with E-state index in [-0.39, 0.29) is 5.69 Å². The molecular weight excluding hydrogens is 296 g/mol. The number of thiophene rings is 1. The highest BCUT2D eigenvalue weighted by atomic mass is 32.1. The molecule has 0 spiro atoms. The van der Waals surface area contributed by atoms with Crippen molar-refractivity contribution in [3.8, 4) is 10.6 Å². The normalized spacial score (nSPS) is 12.1. The second-order valence-corrected chi connectivity index (χ2v) is 5.84. The molecule has 106 valence electrons. The molecular formula is C13H14N2O3S2. The number of hydrogen-bond acceptors (Lipinski definition) is 5. The summed E-state index contributed by atoms with van der Waals surface area (Å²) in [5.74, 6) is -1.46. The Morgan fingerprint density at radius 2 is 2.25 bits per heavy atom. The molecule has 5 nitrogen and oxygen atoms in total. The summed E-state index contributed by atoms with van der Waals surface area (Å²) in [6.45, 7) is 1.87. The Kier molecular flexibility index (Phi) is 4.86. The second-order valence-electron chi connectivity index (χ2n) is 4.20. The van der Waals surface area contributed by atoms with Gasteiger partial charge in [-0.2, -0.15) is 11.3 Å². The van der Waals surface area contributed by atoms with E-state index in [0.717, 1.165) is 10.6 Å². The summed E-state index contributed by atoms with van der Waals surface area (Å²) in [6.07, 6.45) is 1.09. The van der Waals surface area contributed by atoms with E-state index in [4.69, 9.17) is 5.11 Å². The number of carboxylic acids is 1. The van der Waals surface area contributed by atoms with E-state index in [0.29, 0.717) is 12.8 Å². The summed E-state index contributed by atoms with van der Waals surface area (Å²) in [5, 5.41) is 17.8. The summed E-state index contributed by atoms with van der Waals surface area (Å²) in [7, 11) is 0.